The van der Waals surface area contributed by atoms with Gasteiger partial charge < -0.3 is 24.8 Å². The molecule has 10 nitrogen and oxygen atoms in total. The minimum atomic E-state index is -0.989. The van der Waals surface area contributed by atoms with Crippen LogP contribution in [-0.2, 0) is 9.53 Å². The fourth-order valence-electron chi connectivity index (χ4n) is 3.43. The molecule has 33 heavy (non-hydrogen) atoms. The number of rotatable bonds is 8. The second-order valence-electron chi connectivity index (χ2n) is 7.42. The molecule has 0 fully saturated rings. The van der Waals surface area contributed by atoms with Crippen molar-refractivity contribution in [3.8, 4) is 11.5 Å². The average Bonchev–Trinajstić information content (AvgIpc) is 2.78. The van der Waals surface area contributed by atoms with Crippen LogP contribution in [0.1, 0.15) is 37.9 Å². The Labute approximate surface area is 190 Å². The molecule has 1 heterocycles. The summed E-state index contributed by atoms with van der Waals surface area (Å²) in [5.41, 5.74) is 0.971. The van der Waals surface area contributed by atoms with E-state index in [1.54, 1.807) is 51.1 Å². The molecule has 0 spiro atoms. The Bertz CT molecular complexity index is 1090. The van der Waals surface area contributed by atoms with Crippen LogP contribution in [0, 0.1) is 10.1 Å². The van der Waals surface area contributed by atoms with E-state index < -0.39 is 29.1 Å². The van der Waals surface area contributed by atoms with Gasteiger partial charge in [-0.25, -0.2) is 9.59 Å². The molecule has 1 aliphatic rings. The number of esters is 1. The fourth-order valence-corrected chi connectivity index (χ4v) is 3.43. The van der Waals surface area contributed by atoms with Crippen molar-refractivity contribution < 1.29 is 28.7 Å². The third-order valence-electron chi connectivity index (χ3n) is 4.83. The van der Waals surface area contributed by atoms with Crippen LogP contribution in [0.3, 0.4) is 0 Å². The van der Waals surface area contributed by atoms with Crippen molar-refractivity contribution in [2.24, 2.45) is 0 Å². The molecule has 10 heteroatoms. The molecular weight excluding hydrogens is 430 g/mol. The molecule has 3 rings (SSSR count). The number of nitrogens with zero attached hydrogens (tertiary/aromatic N) is 1. The number of hydrogen-bond donors (Lipinski definition) is 2. The van der Waals surface area contributed by atoms with Gasteiger partial charge in [0.15, 0.2) is 5.75 Å². The van der Waals surface area contributed by atoms with Crippen LogP contribution >= 0.6 is 0 Å². The van der Waals surface area contributed by atoms with Crippen molar-refractivity contribution in [3.05, 3.63) is 69.3 Å². The van der Waals surface area contributed by atoms with Gasteiger partial charge in [0.05, 0.1) is 42.1 Å². The predicted molar refractivity (Wildman–Crippen MR) is 120 cm³/mol. The average molecular weight is 455 g/mol. The molecule has 1 aliphatic heterocycles. The predicted octanol–water partition coefficient (Wildman–Crippen LogP) is 3.72. The van der Waals surface area contributed by atoms with Crippen molar-refractivity contribution in [2.45, 2.75) is 32.9 Å². The number of hydrogen-bond acceptors (Lipinski definition) is 7. The van der Waals surface area contributed by atoms with E-state index in [2.05, 4.69) is 10.6 Å². The number of methoxy groups -OCH3 is 1. The summed E-state index contributed by atoms with van der Waals surface area (Å²) in [6.45, 7) is 5.38. The van der Waals surface area contributed by atoms with Gasteiger partial charge in [0.2, 0.25) is 0 Å². The van der Waals surface area contributed by atoms with Gasteiger partial charge in [-0.3, -0.25) is 10.1 Å². The normalized spacial score (nSPS) is 15.5. The van der Waals surface area contributed by atoms with Crippen LogP contribution in [0.25, 0.3) is 5.70 Å². The number of nitro benzene ring substituents is 1. The molecule has 0 saturated carbocycles. The van der Waals surface area contributed by atoms with Gasteiger partial charge in [0.1, 0.15) is 5.75 Å². The Morgan fingerprint density at radius 1 is 1.18 bits per heavy atom. The SMILES string of the molecule is CCOc1ccc(C2NC(=O)NC(c3ccc(OC)cc3)=C2C(=O)OC(C)C)cc1[N+](=O)[O-]. The summed E-state index contributed by atoms with van der Waals surface area (Å²) in [6.07, 6.45) is -0.421. The summed E-state index contributed by atoms with van der Waals surface area (Å²) < 4.78 is 16.0. The fraction of sp³-hybridized carbons (Fsp3) is 0.304. The van der Waals surface area contributed by atoms with Crippen LogP contribution in [0.4, 0.5) is 10.5 Å². The van der Waals surface area contributed by atoms with Crippen LogP contribution in [0.5, 0.6) is 11.5 Å². The molecular formula is C23H25N3O7. The monoisotopic (exact) mass is 455 g/mol. The highest BCUT2D eigenvalue weighted by atomic mass is 16.6. The van der Waals surface area contributed by atoms with E-state index >= 15 is 0 Å². The van der Waals surface area contributed by atoms with Gasteiger partial charge in [-0.05, 0) is 62.2 Å². The summed E-state index contributed by atoms with van der Waals surface area (Å²) in [5, 5.41) is 17.0. The molecule has 0 radical (unpaired) electrons. The zero-order valence-corrected chi connectivity index (χ0v) is 18.7. The van der Waals surface area contributed by atoms with Gasteiger partial charge in [0.25, 0.3) is 0 Å². The lowest BCUT2D eigenvalue weighted by Crippen LogP contribution is -2.45. The van der Waals surface area contributed by atoms with Crippen molar-refractivity contribution in [3.63, 3.8) is 0 Å². The van der Waals surface area contributed by atoms with Crippen LogP contribution in [-0.4, -0.2) is 36.7 Å². The van der Waals surface area contributed by atoms with Crippen LogP contribution < -0.4 is 20.1 Å². The van der Waals surface area contributed by atoms with Crippen LogP contribution in [0.15, 0.2) is 48.0 Å². The summed E-state index contributed by atoms with van der Waals surface area (Å²) in [7, 11) is 1.53. The summed E-state index contributed by atoms with van der Waals surface area (Å²) in [5.74, 6) is 0.0339. The van der Waals surface area contributed by atoms with Crippen molar-refractivity contribution in [2.75, 3.05) is 13.7 Å². The highest BCUT2D eigenvalue weighted by Gasteiger charge is 2.36. The first-order valence-corrected chi connectivity index (χ1v) is 10.3. The number of carbonyl (C=O) groups is 2. The van der Waals surface area contributed by atoms with Crippen LogP contribution in [0.2, 0.25) is 0 Å². The molecule has 2 aromatic carbocycles. The maximum atomic E-state index is 13.1. The zero-order chi connectivity index (χ0) is 24.1. The minimum absolute atomic E-state index is 0.0946. The Balaban J connectivity index is 2.19. The van der Waals surface area contributed by atoms with E-state index in [4.69, 9.17) is 14.2 Å². The molecule has 1 unspecified atom stereocenters. The Kier molecular flexibility index (Phi) is 7.17. The summed E-state index contributed by atoms with van der Waals surface area (Å²) in [4.78, 5) is 36.7. The first kappa shape index (κ1) is 23.6. The maximum absolute atomic E-state index is 13.1. The first-order chi connectivity index (χ1) is 15.7. The summed E-state index contributed by atoms with van der Waals surface area (Å²) >= 11 is 0. The molecule has 2 N–H and O–H groups in total. The number of nitrogens with one attached hydrogen (secondary N) is 2. The van der Waals surface area contributed by atoms with Gasteiger partial charge >= 0.3 is 17.7 Å². The van der Waals surface area contributed by atoms with E-state index in [0.717, 1.165) is 0 Å². The minimum Gasteiger partial charge on any atom is -0.497 e. The van der Waals surface area contributed by atoms with E-state index in [1.165, 1.54) is 19.2 Å². The smallest absolute Gasteiger partial charge is 0.338 e. The van der Waals surface area contributed by atoms with Gasteiger partial charge in [-0.2, -0.15) is 0 Å². The Morgan fingerprint density at radius 2 is 1.88 bits per heavy atom. The highest BCUT2D eigenvalue weighted by molar-refractivity contribution is 6.04. The molecule has 2 aromatic rings. The number of nitro groups is 1. The zero-order valence-electron chi connectivity index (χ0n) is 18.7. The van der Waals surface area contributed by atoms with E-state index in [0.29, 0.717) is 16.9 Å². The number of benzene rings is 2. The van der Waals surface area contributed by atoms with E-state index in [9.17, 15) is 19.7 Å². The second kappa shape index (κ2) is 10.0. The third kappa shape index (κ3) is 5.22. The lowest BCUT2D eigenvalue weighted by Gasteiger charge is -2.30. The Hall–Kier alpha value is -4.08. The quantitative estimate of drug-likeness (QED) is 0.353. The summed E-state index contributed by atoms with van der Waals surface area (Å²) in [6, 6.07) is 9.53. The number of carbonyl (C=O) groups excluding carboxylic acids is 2. The lowest BCUT2D eigenvalue weighted by atomic mass is 9.92. The number of amides is 2. The standard InChI is InChI=1S/C23H25N3O7/c1-5-32-18-11-8-15(12-17(18)26(29)30)21-19(22(27)33-13(2)3)20(24-23(28)25-21)14-6-9-16(31-4)10-7-14/h6-13,21H,5H2,1-4H3,(H2,24,25,28). The highest BCUT2D eigenvalue weighted by Crippen LogP contribution is 2.36. The van der Waals surface area contributed by atoms with E-state index in [-0.39, 0.29) is 29.3 Å². The molecule has 2 amide bonds. The lowest BCUT2D eigenvalue weighted by molar-refractivity contribution is -0.385. The first-order valence-electron chi connectivity index (χ1n) is 10.3. The van der Waals surface area contributed by atoms with Gasteiger partial charge in [-0.15, -0.1) is 0 Å². The van der Waals surface area contributed by atoms with Crippen molar-refractivity contribution in [1.82, 2.24) is 10.6 Å². The maximum Gasteiger partial charge on any atom is 0.338 e. The molecule has 0 aliphatic carbocycles. The second-order valence-corrected chi connectivity index (χ2v) is 7.42. The molecule has 1 atom stereocenters. The molecule has 0 aromatic heterocycles. The van der Waals surface area contributed by atoms with Gasteiger partial charge in [-0.1, -0.05) is 6.07 Å². The topological polar surface area (TPSA) is 129 Å². The Morgan fingerprint density at radius 3 is 2.45 bits per heavy atom. The van der Waals surface area contributed by atoms with Crippen molar-refractivity contribution in [1.29, 1.82) is 0 Å². The number of ether oxygens (including phenoxy) is 3. The molecule has 174 valence electrons. The third-order valence-corrected chi connectivity index (χ3v) is 4.83. The van der Waals surface area contributed by atoms with Crippen molar-refractivity contribution >= 4 is 23.4 Å². The molecule has 0 saturated heterocycles. The largest absolute Gasteiger partial charge is 0.497 e. The van der Waals surface area contributed by atoms with E-state index in [1.807, 2.05) is 0 Å². The van der Waals surface area contributed by atoms with Gasteiger partial charge in [0, 0.05) is 6.07 Å². The number of urea groups is 1. The molecule has 0 bridgehead atoms.